The van der Waals surface area contributed by atoms with Gasteiger partial charge in [0.15, 0.2) is 5.82 Å². The van der Waals surface area contributed by atoms with Crippen molar-refractivity contribution in [3.05, 3.63) is 34.6 Å². The van der Waals surface area contributed by atoms with Gasteiger partial charge in [-0.1, -0.05) is 16.8 Å². The van der Waals surface area contributed by atoms with Crippen molar-refractivity contribution in [1.82, 2.24) is 15.1 Å². The van der Waals surface area contributed by atoms with Gasteiger partial charge in [-0.3, -0.25) is 0 Å². The molecule has 0 saturated carbocycles. The molecule has 0 aliphatic carbocycles. The van der Waals surface area contributed by atoms with E-state index < -0.39 is 0 Å². The normalized spacial score (nSPS) is 18.5. The number of aromatic nitrogens is 3. The number of pyridine rings is 1. The van der Waals surface area contributed by atoms with Crippen LogP contribution in [0, 0.1) is 18.3 Å². The summed E-state index contributed by atoms with van der Waals surface area (Å²) < 4.78 is 5.31. The van der Waals surface area contributed by atoms with Gasteiger partial charge >= 0.3 is 0 Å². The SMILES string of the molecule is Cc1noc([C@H]2CCCCN2c2ncc(C#N)cc2Cl)n1. The molecule has 0 aromatic carbocycles. The third kappa shape index (κ3) is 2.69. The molecular formula is C14H14ClN5O. The van der Waals surface area contributed by atoms with Crippen molar-refractivity contribution in [3.63, 3.8) is 0 Å². The summed E-state index contributed by atoms with van der Waals surface area (Å²) in [6.45, 7) is 2.62. The molecule has 0 bridgehead atoms. The Kier molecular flexibility index (Phi) is 3.76. The maximum atomic E-state index is 8.90. The first kappa shape index (κ1) is 13.8. The predicted molar refractivity (Wildman–Crippen MR) is 76.9 cm³/mol. The molecule has 1 atom stereocenters. The number of hydrogen-bond acceptors (Lipinski definition) is 6. The van der Waals surface area contributed by atoms with E-state index in [4.69, 9.17) is 21.4 Å². The summed E-state index contributed by atoms with van der Waals surface area (Å²) in [7, 11) is 0. The first-order chi connectivity index (χ1) is 10.2. The highest BCUT2D eigenvalue weighted by Crippen LogP contribution is 2.36. The van der Waals surface area contributed by atoms with Gasteiger partial charge in [0.1, 0.15) is 17.9 Å². The summed E-state index contributed by atoms with van der Waals surface area (Å²) in [4.78, 5) is 10.8. The van der Waals surface area contributed by atoms with Crippen LogP contribution < -0.4 is 4.90 Å². The molecule has 0 N–H and O–H groups in total. The molecule has 0 radical (unpaired) electrons. The first-order valence-corrected chi connectivity index (χ1v) is 7.19. The van der Waals surface area contributed by atoms with Gasteiger partial charge in [-0.2, -0.15) is 10.2 Å². The maximum Gasteiger partial charge on any atom is 0.249 e. The van der Waals surface area contributed by atoms with Crippen molar-refractivity contribution in [3.8, 4) is 6.07 Å². The summed E-state index contributed by atoms with van der Waals surface area (Å²) in [5.74, 6) is 1.88. The Bertz CT molecular complexity index is 693. The van der Waals surface area contributed by atoms with Crippen LogP contribution in [-0.2, 0) is 0 Å². The van der Waals surface area contributed by atoms with Gasteiger partial charge in [0.05, 0.1) is 10.6 Å². The van der Waals surface area contributed by atoms with E-state index in [2.05, 4.69) is 20.0 Å². The highest BCUT2D eigenvalue weighted by molar-refractivity contribution is 6.33. The largest absolute Gasteiger partial charge is 0.343 e. The van der Waals surface area contributed by atoms with Crippen LogP contribution in [0.2, 0.25) is 5.02 Å². The second kappa shape index (κ2) is 5.70. The zero-order valence-electron chi connectivity index (χ0n) is 11.6. The van der Waals surface area contributed by atoms with E-state index in [0.29, 0.717) is 28.1 Å². The Morgan fingerprint density at radius 3 is 3.00 bits per heavy atom. The van der Waals surface area contributed by atoms with Crippen molar-refractivity contribution >= 4 is 17.4 Å². The van der Waals surface area contributed by atoms with Crippen LogP contribution in [0.15, 0.2) is 16.8 Å². The molecule has 1 saturated heterocycles. The molecule has 7 heteroatoms. The zero-order chi connectivity index (χ0) is 14.8. The second-order valence-corrected chi connectivity index (χ2v) is 5.43. The first-order valence-electron chi connectivity index (χ1n) is 6.81. The van der Waals surface area contributed by atoms with Crippen LogP contribution >= 0.6 is 11.6 Å². The van der Waals surface area contributed by atoms with Crippen molar-refractivity contribution in [2.75, 3.05) is 11.4 Å². The second-order valence-electron chi connectivity index (χ2n) is 5.03. The fourth-order valence-electron chi connectivity index (χ4n) is 2.59. The van der Waals surface area contributed by atoms with Crippen LogP contribution in [0.5, 0.6) is 0 Å². The minimum atomic E-state index is -0.0158. The van der Waals surface area contributed by atoms with E-state index in [1.807, 2.05) is 6.07 Å². The van der Waals surface area contributed by atoms with Gasteiger partial charge in [0.2, 0.25) is 5.89 Å². The summed E-state index contributed by atoms with van der Waals surface area (Å²) in [6, 6.07) is 3.66. The van der Waals surface area contributed by atoms with E-state index in [1.54, 1.807) is 13.0 Å². The molecule has 0 spiro atoms. The van der Waals surface area contributed by atoms with E-state index >= 15 is 0 Å². The molecule has 0 amide bonds. The quantitative estimate of drug-likeness (QED) is 0.848. The lowest BCUT2D eigenvalue weighted by Crippen LogP contribution is -2.34. The average molecular weight is 304 g/mol. The number of nitrogens with zero attached hydrogens (tertiary/aromatic N) is 5. The van der Waals surface area contributed by atoms with Crippen LogP contribution in [0.4, 0.5) is 5.82 Å². The van der Waals surface area contributed by atoms with E-state index in [-0.39, 0.29) is 6.04 Å². The van der Waals surface area contributed by atoms with Gasteiger partial charge in [-0.25, -0.2) is 4.98 Å². The molecule has 2 aromatic heterocycles. The zero-order valence-corrected chi connectivity index (χ0v) is 12.3. The molecule has 6 nitrogen and oxygen atoms in total. The Morgan fingerprint density at radius 1 is 1.48 bits per heavy atom. The van der Waals surface area contributed by atoms with Crippen molar-refractivity contribution in [1.29, 1.82) is 5.26 Å². The number of aryl methyl sites for hydroxylation is 1. The van der Waals surface area contributed by atoms with Crippen LogP contribution in [0.1, 0.15) is 42.6 Å². The topological polar surface area (TPSA) is 78.8 Å². The minimum Gasteiger partial charge on any atom is -0.343 e. The van der Waals surface area contributed by atoms with Crippen molar-refractivity contribution in [2.24, 2.45) is 0 Å². The van der Waals surface area contributed by atoms with Gasteiger partial charge in [0.25, 0.3) is 0 Å². The molecule has 108 valence electrons. The number of hydrogen-bond donors (Lipinski definition) is 0. The monoisotopic (exact) mass is 303 g/mol. The molecule has 2 aromatic rings. The third-order valence-corrected chi connectivity index (χ3v) is 3.83. The smallest absolute Gasteiger partial charge is 0.249 e. The molecule has 21 heavy (non-hydrogen) atoms. The lowest BCUT2D eigenvalue weighted by Gasteiger charge is -2.34. The van der Waals surface area contributed by atoms with Crippen molar-refractivity contribution < 1.29 is 4.52 Å². The Morgan fingerprint density at radius 2 is 2.33 bits per heavy atom. The summed E-state index contributed by atoms with van der Waals surface area (Å²) in [6.07, 6.45) is 4.60. The number of piperidine rings is 1. The summed E-state index contributed by atoms with van der Waals surface area (Å²) in [5.41, 5.74) is 0.450. The molecule has 3 rings (SSSR count). The highest BCUT2D eigenvalue weighted by atomic mass is 35.5. The van der Waals surface area contributed by atoms with Crippen molar-refractivity contribution in [2.45, 2.75) is 32.2 Å². The Hall–Kier alpha value is -2.13. The van der Waals surface area contributed by atoms with E-state index in [1.165, 1.54) is 6.20 Å². The summed E-state index contributed by atoms with van der Waals surface area (Å²) in [5, 5.41) is 13.2. The van der Waals surface area contributed by atoms with Gasteiger partial charge in [0, 0.05) is 12.7 Å². The van der Waals surface area contributed by atoms with Gasteiger partial charge in [-0.15, -0.1) is 0 Å². The Labute approximate surface area is 127 Å². The molecule has 1 aliphatic heterocycles. The average Bonchev–Trinajstić information content (AvgIpc) is 2.93. The lowest BCUT2D eigenvalue weighted by atomic mass is 10.0. The Balaban J connectivity index is 1.96. The maximum absolute atomic E-state index is 8.90. The fourth-order valence-corrected chi connectivity index (χ4v) is 2.87. The number of nitriles is 1. The molecule has 1 fully saturated rings. The van der Waals surface area contributed by atoms with Crippen LogP contribution in [-0.4, -0.2) is 21.7 Å². The van der Waals surface area contributed by atoms with Crippen LogP contribution in [0.25, 0.3) is 0 Å². The number of halogens is 1. The van der Waals surface area contributed by atoms with Gasteiger partial charge < -0.3 is 9.42 Å². The number of rotatable bonds is 2. The molecule has 1 aliphatic rings. The summed E-state index contributed by atoms with van der Waals surface area (Å²) >= 11 is 6.28. The number of anilines is 1. The highest BCUT2D eigenvalue weighted by Gasteiger charge is 2.30. The predicted octanol–water partition coefficient (Wildman–Crippen LogP) is 3.03. The standard InChI is InChI=1S/C14H14ClN5O/c1-9-18-14(21-19-9)12-4-2-3-5-20(12)13-11(15)6-10(7-16)8-17-13/h6,8,12H,2-5H2,1H3/t12-/m1/s1. The van der Waals surface area contributed by atoms with Gasteiger partial charge in [-0.05, 0) is 32.3 Å². The molecule has 3 heterocycles. The lowest BCUT2D eigenvalue weighted by molar-refractivity contribution is 0.320. The van der Waals surface area contributed by atoms with E-state index in [0.717, 1.165) is 25.8 Å². The van der Waals surface area contributed by atoms with E-state index in [9.17, 15) is 0 Å². The molecular weight excluding hydrogens is 290 g/mol. The minimum absolute atomic E-state index is 0.0158. The fraction of sp³-hybridized carbons (Fsp3) is 0.429. The third-order valence-electron chi connectivity index (χ3n) is 3.55. The molecule has 0 unspecified atom stereocenters. The van der Waals surface area contributed by atoms with Crippen LogP contribution in [0.3, 0.4) is 0 Å².